The van der Waals surface area contributed by atoms with Gasteiger partial charge in [-0.3, -0.25) is 29.0 Å². The zero-order valence-electron chi connectivity index (χ0n) is 14.7. The van der Waals surface area contributed by atoms with Crippen molar-refractivity contribution in [1.29, 1.82) is 0 Å². The molecule has 2 aliphatic rings. The molecule has 0 unspecified atom stereocenters. The fourth-order valence-electron chi connectivity index (χ4n) is 2.20. The fraction of sp³-hybridized carbons (Fsp3) is 0.500. The Morgan fingerprint density at radius 2 is 1.11 bits per heavy atom. The number of nitrogens with zero attached hydrogens (tertiary/aromatic N) is 2. The van der Waals surface area contributed by atoms with Crippen molar-refractivity contribution in [2.24, 2.45) is 0 Å². The number of halogens is 2. The first-order valence-corrected chi connectivity index (χ1v) is 11.5. The van der Waals surface area contributed by atoms with Gasteiger partial charge in [-0.25, -0.2) is 0 Å². The van der Waals surface area contributed by atoms with Crippen LogP contribution in [-0.4, -0.2) is 84.5 Å². The third kappa shape index (κ3) is 6.78. The monoisotopic (exact) mass is 468 g/mol. The summed E-state index contributed by atoms with van der Waals surface area (Å²) in [4.78, 5) is 48.1. The predicted molar refractivity (Wildman–Crippen MR) is 108 cm³/mol. The normalized spacial score (nSPS) is 17.1. The molecule has 0 aromatic carbocycles. The van der Waals surface area contributed by atoms with Gasteiger partial charge in [0.15, 0.2) is 0 Å². The van der Waals surface area contributed by atoms with E-state index in [1.54, 1.807) is 21.6 Å². The molecule has 0 radical (unpaired) electrons. The van der Waals surface area contributed by atoms with Crippen molar-refractivity contribution < 1.29 is 28.7 Å². The number of carbonyl (C=O) groups is 4. The average Bonchev–Trinajstić information content (AvgIpc) is 3.04. The maximum absolute atomic E-state index is 11.5. The Bertz CT molecular complexity index is 643. The molecular formula is C16H18Cl2N2O6S2. The number of imide groups is 2. The van der Waals surface area contributed by atoms with E-state index in [-0.39, 0.29) is 36.4 Å². The molecule has 28 heavy (non-hydrogen) atoms. The lowest BCUT2D eigenvalue weighted by molar-refractivity contribution is -0.139. The Balaban J connectivity index is 1.38. The number of carbonyl (C=O) groups excluding carboxylic acids is 4. The van der Waals surface area contributed by atoms with E-state index in [4.69, 9.17) is 32.7 Å². The summed E-state index contributed by atoms with van der Waals surface area (Å²) in [5.74, 6) is -0.322. The summed E-state index contributed by atoms with van der Waals surface area (Å²) in [6, 6.07) is 0. The summed E-state index contributed by atoms with van der Waals surface area (Å²) in [5, 5.41) is -0.142. The summed E-state index contributed by atoms with van der Waals surface area (Å²) >= 11 is 11.2. The van der Waals surface area contributed by atoms with Crippen molar-refractivity contribution in [3.8, 4) is 0 Å². The van der Waals surface area contributed by atoms with Gasteiger partial charge in [-0.1, -0.05) is 44.8 Å². The van der Waals surface area contributed by atoms with Crippen molar-refractivity contribution in [2.45, 2.75) is 0 Å². The van der Waals surface area contributed by atoms with Crippen molar-refractivity contribution in [1.82, 2.24) is 9.80 Å². The summed E-state index contributed by atoms with van der Waals surface area (Å²) in [6.45, 7) is 1.86. The Kier molecular flexibility index (Phi) is 9.83. The second-order valence-corrected chi connectivity index (χ2v) is 8.96. The lowest BCUT2D eigenvalue weighted by Gasteiger charge is -2.14. The van der Waals surface area contributed by atoms with Crippen LogP contribution in [0, 0.1) is 0 Å². The fourth-order valence-corrected chi connectivity index (χ4v) is 4.31. The summed E-state index contributed by atoms with van der Waals surface area (Å²) in [7, 11) is 3.22. The van der Waals surface area contributed by atoms with Gasteiger partial charge in [0.05, 0.1) is 39.5 Å². The maximum atomic E-state index is 11.5. The van der Waals surface area contributed by atoms with E-state index in [0.717, 1.165) is 33.5 Å². The van der Waals surface area contributed by atoms with Gasteiger partial charge in [0.25, 0.3) is 23.6 Å². The molecule has 4 amide bonds. The molecule has 0 atom stereocenters. The van der Waals surface area contributed by atoms with Crippen LogP contribution in [0.25, 0.3) is 0 Å². The van der Waals surface area contributed by atoms with Crippen molar-refractivity contribution in [3.63, 3.8) is 0 Å². The molecule has 2 aliphatic heterocycles. The zero-order valence-corrected chi connectivity index (χ0v) is 17.9. The quantitative estimate of drug-likeness (QED) is 0.227. The van der Waals surface area contributed by atoms with Crippen LogP contribution < -0.4 is 0 Å². The van der Waals surface area contributed by atoms with E-state index in [2.05, 4.69) is 0 Å². The first-order valence-electron chi connectivity index (χ1n) is 8.27. The minimum atomic E-state index is -0.488. The Morgan fingerprint density at radius 3 is 1.43 bits per heavy atom. The lowest BCUT2D eigenvalue weighted by Crippen LogP contribution is -2.33. The third-order valence-corrected chi connectivity index (χ3v) is 6.43. The van der Waals surface area contributed by atoms with Gasteiger partial charge in [0.1, 0.15) is 10.1 Å². The second kappa shape index (κ2) is 11.8. The molecule has 0 spiro atoms. The molecule has 8 nitrogen and oxygen atoms in total. The van der Waals surface area contributed by atoms with Crippen LogP contribution in [0.3, 0.4) is 0 Å². The molecule has 0 saturated heterocycles. The van der Waals surface area contributed by atoms with E-state index >= 15 is 0 Å². The van der Waals surface area contributed by atoms with E-state index in [0.29, 0.717) is 13.2 Å². The molecular weight excluding hydrogens is 451 g/mol. The SMILES string of the molecule is O=C1C=C(Cl)C(=O)N1CCOCCSSCCOCCN1C(=O)C=C(Cl)C1=O. The first-order chi connectivity index (χ1) is 13.4. The summed E-state index contributed by atoms with van der Waals surface area (Å²) in [6.07, 6.45) is 2.21. The highest BCUT2D eigenvalue weighted by molar-refractivity contribution is 8.76. The van der Waals surface area contributed by atoms with E-state index < -0.39 is 23.6 Å². The highest BCUT2D eigenvalue weighted by Crippen LogP contribution is 2.20. The van der Waals surface area contributed by atoms with Crippen LogP contribution in [0.15, 0.2) is 22.2 Å². The van der Waals surface area contributed by atoms with Gasteiger partial charge in [-0.2, -0.15) is 0 Å². The highest BCUT2D eigenvalue weighted by atomic mass is 35.5. The van der Waals surface area contributed by atoms with Gasteiger partial charge >= 0.3 is 0 Å². The van der Waals surface area contributed by atoms with Crippen LogP contribution in [-0.2, 0) is 28.7 Å². The molecule has 0 aromatic heterocycles. The minimum absolute atomic E-state index is 0.0710. The zero-order chi connectivity index (χ0) is 20.5. The van der Waals surface area contributed by atoms with Gasteiger partial charge in [0, 0.05) is 23.7 Å². The molecule has 2 heterocycles. The molecule has 0 aliphatic carbocycles. The van der Waals surface area contributed by atoms with E-state index in [9.17, 15) is 19.2 Å². The van der Waals surface area contributed by atoms with Crippen molar-refractivity contribution in [2.75, 3.05) is 51.0 Å². The van der Waals surface area contributed by atoms with Gasteiger partial charge in [-0.15, -0.1) is 0 Å². The molecule has 0 bridgehead atoms. The average molecular weight is 469 g/mol. The molecule has 0 saturated carbocycles. The topological polar surface area (TPSA) is 93.2 Å². The van der Waals surface area contributed by atoms with Crippen molar-refractivity contribution in [3.05, 3.63) is 22.2 Å². The molecule has 0 aromatic rings. The van der Waals surface area contributed by atoms with E-state index in [1.165, 1.54) is 0 Å². The lowest BCUT2D eigenvalue weighted by atomic mass is 10.5. The van der Waals surface area contributed by atoms with Gasteiger partial charge in [-0.05, 0) is 0 Å². The van der Waals surface area contributed by atoms with Crippen LogP contribution in [0.1, 0.15) is 0 Å². The summed E-state index contributed by atoms with van der Waals surface area (Å²) < 4.78 is 10.8. The van der Waals surface area contributed by atoms with E-state index in [1.807, 2.05) is 0 Å². The van der Waals surface area contributed by atoms with Crippen LogP contribution >= 0.6 is 44.8 Å². The standard InChI is InChI=1S/C16H18Cl2N2O6S2/c17-11-9-13(21)19(15(11)23)1-3-25-5-7-27-28-8-6-26-4-2-20-14(22)10-12(18)16(20)24/h9-10H,1-8H2. The number of amides is 4. The number of hydrogen-bond acceptors (Lipinski definition) is 8. The number of rotatable bonds is 13. The van der Waals surface area contributed by atoms with Gasteiger partial charge < -0.3 is 9.47 Å². The molecule has 0 N–H and O–H groups in total. The van der Waals surface area contributed by atoms with Crippen LogP contribution in [0.2, 0.25) is 0 Å². The van der Waals surface area contributed by atoms with Crippen LogP contribution in [0.5, 0.6) is 0 Å². The molecule has 154 valence electrons. The van der Waals surface area contributed by atoms with Gasteiger partial charge in [0.2, 0.25) is 0 Å². The Labute approximate surface area is 179 Å². The first kappa shape index (κ1) is 23.2. The third-order valence-electron chi connectivity index (χ3n) is 3.56. The maximum Gasteiger partial charge on any atom is 0.272 e. The number of hydrogen-bond donors (Lipinski definition) is 0. The Hall–Kier alpha value is -1.04. The minimum Gasteiger partial charge on any atom is -0.379 e. The number of ether oxygens (including phenoxy) is 2. The summed E-state index contributed by atoms with van der Waals surface area (Å²) in [5.41, 5.74) is 0. The predicted octanol–water partition coefficient (Wildman–Crippen LogP) is 1.38. The molecule has 0 fully saturated rings. The largest absolute Gasteiger partial charge is 0.379 e. The molecule has 2 rings (SSSR count). The second-order valence-electron chi connectivity index (χ2n) is 5.44. The van der Waals surface area contributed by atoms with Crippen LogP contribution in [0.4, 0.5) is 0 Å². The Morgan fingerprint density at radius 1 is 0.714 bits per heavy atom. The van der Waals surface area contributed by atoms with Crippen molar-refractivity contribution >= 4 is 68.4 Å². The molecule has 12 heteroatoms. The highest BCUT2D eigenvalue weighted by Gasteiger charge is 2.30. The smallest absolute Gasteiger partial charge is 0.272 e.